The lowest BCUT2D eigenvalue weighted by Crippen LogP contribution is -2.00. The molecule has 9 aromatic carbocycles. The van der Waals surface area contributed by atoms with E-state index in [1.165, 1.54) is 5.39 Å². The molecule has 0 amide bonds. The van der Waals surface area contributed by atoms with E-state index in [2.05, 4.69) is 176 Å². The average Bonchev–Trinajstić information content (AvgIpc) is 3.77. The van der Waals surface area contributed by atoms with Crippen molar-refractivity contribution >= 4 is 32.7 Å². The fourth-order valence-corrected chi connectivity index (χ4v) is 8.69. The first-order valence-electron chi connectivity index (χ1n) is 21.6. The zero-order valence-electron chi connectivity index (χ0n) is 35.0. The van der Waals surface area contributed by atoms with Gasteiger partial charge in [0, 0.05) is 44.2 Å². The fraction of sp³-hybridized carbons (Fsp3) is 0. The summed E-state index contributed by atoms with van der Waals surface area (Å²) in [4.78, 5) is 25.8. The SMILES string of the molecule is c1ccc(-c2cccc(-c3nc(-c4cccc(-c5cccc(-c6cc(-c7cccc8ccccc78)nc(-c7ccccc7)n6)c5)c4)nc(-c4ccc5c(c4)oc4ccccc45)n3)c2)cc1. The highest BCUT2D eigenvalue weighted by Crippen LogP contribution is 2.36. The third kappa shape index (κ3) is 7.29. The number of fused-ring (bicyclic) bond motifs is 4. The van der Waals surface area contributed by atoms with Gasteiger partial charge in [0.15, 0.2) is 23.3 Å². The predicted octanol–water partition coefficient (Wildman–Crippen LogP) is 15.1. The second kappa shape index (κ2) is 16.1. The standard InChI is InChI=1S/C59H37N5O/c1-3-15-38(16-4-1)41-21-12-25-45(34-41)57-62-58(64-59(63-57)47-31-32-51-50-28-9-10-30-54(50)65-55(51)36-47)46-26-13-23-43(35-46)42-22-11-24-44(33-42)52-37-53(61-56(60-52)40-18-5-2-6-19-40)49-29-14-20-39-17-7-8-27-48(39)49/h1-37H. The van der Waals surface area contributed by atoms with Gasteiger partial charge in [0.1, 0.15) is 11.2 Å². The van der Waals surface area contributed by atoms with Gasteiger partial charge in [-0.25, -0.2) is 24.9 Å². The Morgan fingerprint density at radius 2 is 0.708 bits per heavy atom. The van der Waals surface area contributed by atoms with E-state index in [0.717, 1.165) is 94.3 Å². The molecular weight excluding hydrogens is 795 g/mol. The maximum Gasteiger partial charge on any atom is 0.164 e. The average molecular weight is 832 g/mol. The number of hydrogen-bond donors (Lipinski definition) is 0. The van der Waals surface area contributed by atoms with Gasteiger partial charge in [-0.1, -0.05) is 182 Å². The Bertz CT molecular complexity index is 3730. The van der Waals surface area contributed by atoms with Gasteiger partial charge in [0.05, 0.1) is 11.4 Å². The molecule has 0 radical (unpaired) electrons. The second-order valence-electron chi connectivity index (χ2n) is 16.1. The fourth-order valence-electron chi connectivity index (χ4n) is 8.69. The van der Waals surface area contributed by atoms with Crippen molar-refractivity contribution in [3.05, 3.63) is 224 Å². The van der Waals surface area contributed by atoms with Crippen molar-refractivity contribution in [1.82, 2.24) is 24.9 Å². The molecule has 0 N–H and O–H groups in total. The van der Waals surface area contributed by atoms with Crippen LogP contribution in [0, 0.1) is 0 Å². The molecule has 12 aromatic rings. The summed E-state index contributed by atoms with van der Waals surface area (Å²) in [5.41, 5.74) is 13.2. The minimum atomic E-state index is 0.560. The van der Waals surface area contributed by atoms with E-state index < -0.39 is 0 Å². The van der Waals surface area contributed by atoms with Gasteiger partial charge in [-0.05, 0) is 75.5 Å². The highest BCUT2D eigenvalue weighted by Gasteiger charge is 2.17. The van der Waals surface area contributed by atoms with Crippen LogP contribution in [0.25, 0.3) is 123 Å². The quantitative estimate of drug-likeness (QED) is 0.152. The largest absolute Gasteiger partial charge is 0.456 e. The number of aromatic nitrogens is 5. The molecule has 304 valence electrons. The van der Waals surface area contributed by atoms with Crippen LogP contribution >= 0.6 is 0 Å². The van der Waals surface area contributed by atoms with Crippen molar-refractivity contribution in [2.45, 2.75) is 0 Å². The number of benzene rings is 9. The molecule has 3 aromatic heterocycles. The van der Waals surface area contributed by atoms with Gasteiger partial charge < -0.3 is 4.42 Å². The van der Waals surface area contributed by atoms with Crippen molar-refractivity contribution < 1.29 is 4.42 Å². The van der Waals surface area contributed by atoms with E-state index in [9.17, 15) is 0 Å². The number of hydrogen-bond acceptors (Lipinski definition) is 6. The van der Waals surface area contributed by atoms with E-state index in [1.54, 1.807) is 0 Å². The molecule has 0 atom stereocenters. The van der Waals surface area contributed by atoms with Gasteiger partial charge in [-0.2, -0.15) is 0 Å². The first-order chi connectivity index (χ1) is 32.2. The Morgan fingerprint density at radius 1 is 0.246 bits per heavy atom. The molecule has 12 rings (SSSR count). The molecule has 0 spiro atoms. The molecule has 65 heavy (non-hydrogen) atoms. The lowest BCUT2D eigenvalue weighted by Gasteiger charge is -2.12. The first kappa shape index (κ1) is 37.9. The third-order valence-corrected chi connectivity index (χ3v) is 11.9. The monoisotopic (exact) mass is 831 g/mol. The molecule has 6 nitrogen and oxygen atoms in total. The van der Waals surface area contributed by atoms with Crippen LogP contribution in [-0.2, 0) is 0 Å². The van der Waals surface area contributed by atoms with Gasteiger partial charge in [-0.15, -0.1) is 0 Å². The Morgan fingerprint density at radius 3 is 1.42 bits per heavy atom. The molecule has 6 heteroatoms. The summed E-state index contributed by atoms with van der Waals surface area (Å²) in [6, 6.07) is 77.1. The summed E-state index contributed by atoms with van der Waals surface area (Å²) in [5.74, 6) is 2.39. The minimum Gasteiger partial charge on any atom is -0.456 e. The van der Waals surface area contributed by atoms with Crippen LogP contribution in [0.15, 0.2) is 229 Å². The van der Waals surface area contributed by atoms with Gasteiger partial charge >= 0.3 is 0 Å². The van der Waals surface area contributed by atoms with Crippen LogP contribution in [0.3, 0.4) is 0 Å². The van der Waals surface area contributed by atoms with Crippen LogP contribution in [0.4, 0.5) is 0 Å². The summed E-state index contributed by atoms with van der Waals surface area (Å²) < 4.78 is 6.31. The Labute approximate surface area is 375 Å². The summed E-state index contributed by atoms with van der Waals surface area (Å²) in [7, 11) is 0. The summed E-state index contributed by atoms with van der Waals surface area (Å²) in [6.45, 7) is 0. The highest BCUT2D eigenvalue weighted by molar-refractivity contribution is 6.05. The number of furan rings is 1. The zero-order valence-corrected chi connectivity index (χ0v) is 35.0. The normalized spacial score (nSPS) is 11.4. The van der Waals surface area contributed by atoms with E-state index in [-0.39, 0.29) is 0 Å². The lowest BCUT2D eigenvalue weighted by atomic mass is 9.98. The van der Waals surface area contributed by atoms with Crippen molar-refractivity contribution in [1.29, 1.82) is 0 Å². The number of rotatable bonds is 8. The van der Waals surface area contributed by atoms with Crippen molar-refractivity contribution in [3.63, 3.8) is 0 Å². The molecule has 3 heterocycles. The summed E-state index contributed by atoms with van der Waals surface area (Å²) in [6.07, 6.45) is 0. The van der Waals surface area contributed by atoms with E-state index in [0.29, 0.717) is 23.3 Å². The van der Waals surface area contributed by atoms with Gasteiger partial charge in [0.2, 0.25) is 0 Å². The summed E-state index contributed by atoms with van der Waals surface area (Å²) in [5, 5.41) is 4.44. The Hall–Kier alpha value is -8.87. The molecular formula is C59H37N5O. The van der Waals surface area contributed by atoms with Crippen LogP contribution in [-0.4, -0.2) is 24.9 Å². The molecule has 0 aliphatic heterocycles. The van der Waals surface area contributed by atoms with Crippen molar-refractivity contribution in [2.75, 3.05) is 0 Å². The smallest absolute Gasteiger partial charge is 0.164 e. The molecule has 0 saturated carbocycles. The number of nitrogens with zero attached hydrogens (tertiary/aromatic N) is 5. The van der Waals surface area contributed by atoms with E-state index in [1.807, 2.05) is 48.5 Å². The van der Waals surface area contributed by atoms with Crippen LogP contribution in [0.1, 0.15) is 0 Å². The molecule has 0 saturated heterocycles. The zero-order chi connectivity index (χ0) is 43.1. The highest BCUT2D eigenvalue weighted by atomic mass is 16.3. The Kier molecular flexibility index (Phi) is 9.38. The van der Waals surface area contributed by atoms with Crippen molar-refractivity contribution in [2.24, 2.45) is 0 Å². The molecule has 0 aliphatic rings. The molecule has 0 unspecified atom stereocenters. The third-order valence-electron chi connectivity index (χ3n) is 11.9. The topological polar surface area (TPSA) is 77.6 Å². The van der Waals surface area contributed by atoms with Crippen LogP contribution < -0.4 is 0 Å². The number of para-hydroxylation sites is 1. The Balaban J connectivity index is 0.966. The van der Waals surface area contributed by atoms with Gasteiger partial charge in [-0.3, -0.25) is 0 Å². The van der Waals surface area contributed by atoms with Crippen molar-refractivity contribution in [3.8, 4) is 90.3 Å². The lowest BCUT2D eigenvalue weighted by molar-refractivity contribution is 0.669. The summed E-state index contributed by atoms with van der Waals surface area (Å²) >= 11 is 0. The van der Waals surface area contributed by atoms with Gasteiger partial charge in [0.25, 0.3) is 0 Å². The maximum absolute atomic E-state index is 6.31. The predicted molar refractivity (Wildman–Crippen MR) is 264 cm³/mol. The first-order valence-corrected chi connectivity index (χ1v) is 21.6. The molecule has 0 aliphatic carbocycles. The second-order valence-corrected chi connectivity index (χ2v) is 16.1. The molecule has 0 fully saturated rings. The maximum atomic E-state index is 6.31. The van der Waals surface area contributed by atoms with E-state index in [4.69, 9.17) is 29.3 Å². The minimum absolute atomic E-state index is 0.560. The van der Waals surface area contributed by atoms with Crippen LogP contribution in [0.2, 0.25) is 0 Å². The molecule has 0 bridgehead atoms. The van der Waals surface area contributed by atoms with E-state index >= 15 is 0 Å². The van der Waals surface area contributed by atoms with Crippen LogP contribution in [0.5, 0.6) is 0 Å².